The van der Waals surface area contributed by atoms with E-state index in [4.69, 9.17) is 4.74 Å². The summed E-state index contributed by atoms with van der Waals surface area (Å²) in [4.78, 5) is 27.8. The van der Waals surface area contributed by atoms with Crippen LogP contribution in [-0.2, 0) is 4.79 Å². The van der Waals surface area contributed by atoms with Gasteiger partial charge in [-0.1, -0.05) is 0 Å². The number of thioether (sulfide) groups is 1. The Morgan fingerprint density at radius 3 is 2.71 bits per heavy atom. The van der Waals surface area contributed by atoms with Crippen molar-refractivity contribution in [2.24, 2.45) is 0 Å². The monoisotopic (exact) mass is 344 g/mol. The first-order valence-corrected chi connectivity index (χ1v) is 8.88. The Hall–Kier alpha value is -2.15. The summed E-state index contributed by atoms with van der Waals surface area (Å²) in [7, 11) is 0. The van der Waals surface area contributed by atoms with Crippen molar-refractivity contribution in [3.8, 4) is 6.01 Å². The molecule has 126 valence electrons. The van der Waals surface area contributed by atoms with Crippen molar-refractivity contribution in [3.63, 3.8) is 0 Å². The molecule has 6 nitrogen and oxygen atoms in total. The lowest BCUT2D eigenvalue weighted by Gasteiger charge is -2.16. The van der Waals surface area contributed by atoms with Crippen LogP contribution in [-0.4, -0.2) is 50.7 Å². The maximum atomic E-state index is 12.3. The van der Waals surface area contributed by atoms with Gasteiger partial charge in [0.25, 0.3) is 0 Å². The molecule has 1 unspecified atom stereocenters. The highest BCUT2D eigenvalue weighted by Gasteiger charge is 2.28. The molecule has 1 fully saturated rings. The summed E-state index contributed by atoms with van der Waals surface area (Å²) in [6.07, 6.45) is 4.23. The zero-order chi connectivity index (χ0) is 16.9. The maximum Gasteiger partial charge on any atom is 0.317 e. The molecule has 3 heterocycles. The minimum absolute atomic E-state index is 0.0407. The average Bonchev–Trinajstić information content (AvgIpc) is 3.01. The molecule has 1 aliphatic rings. The normalized spacial score (nSPS) is 17.1. The van der Waals surface area contributed by atoms with E-state index in [1.807, 2.05) is 36.9 Å². The van der Waals surface area contributed by atoms with Crippen molar-refractivity contribution >= 4 is 17.7 Å². The van der Waals surface area contributed by atoms with E-state index in [1.165, 1.54) is 11.8 Å². The molecule has 1 amide bonds. The molecule has 1 aliphatic heterocycles. The first kappa shape index (κ1) is 16.7. The Balaban J connectivity index is 1.50. The molecular formula is C17H20N4O2S. The zero-order valence-corrected chi connectivity index (χ0v) is 14.6. The van der Waals surface area contributed by atoms with Gasteiger partial charge in [-0.05, 0) is 32.0 Å². The van der Waals surface area contributed by atoms with Gasteiger partial charge in [0.1, 0.15) is 6.10 Å². The van der Waals surface area contributed by atoms with Crippen LogP contribution in [0.15, 0.2) is 35.5 Å². The number of hydrogen-bond acceptors (Lipinski definition) is 6. The van der Waals surface area contributed by atoms with Gasteiger partial charge >= 0.3 is 6.01 Å². The highest BCUT2D eigenvalue weighted by Crippen LogP contribution is 2.20. The van der Waals surface area contributed by atoms with Crippen LogP contribution in [0.2, 0.25) is 0 Å². The molecule has 0 bridgehead atoms. The number of aryl methyl sites for hydroxylation is 2. The molecule has 2 aromatic rings. The van der Waals surface area contributed by atoms with Gasteiger partial charge < -0.3 is 9.64 Å². The van der Waals surface area contributed by atoms with Gasteiger partial charge in [0.2, 0.25) is 5.91 Å². The summed E-state index contributed by atoms with van der Waals surface area (Å²) in [5.41, 5.74) is 1.77. The quantitative estimate of drug-likeness (QED) is 0.775. The van der Waals surface area contributed by atoms with Crippen LogP contribution >= 0.6 is 11.8 Å². The van der Waals surface area contributed by atoms with E-state index in [0.717, 1.165) is 22.7 Å². The summed E-state index contributed by atoms with van der Waals surface area (Å²) in [5.74, 6) is 0.556. The fraction of sp³-hybridized carbons (Fsp3) is 0.412. The number of carbonyl (C=O) groups is 1. The van der Waals surface area contributed by atoms with Gasteiger partial charge in [0.15, 0.2) is 0 Å². The molecule has 0 saturated carbocycles. The van der Waals surface area contributed by atoms with Crippen molar-refractivity contribution < 1.29 is 9.53 Å². The Kier molecular flexibility index (Phi) is 5.30. The third kappa shape index (κ3) is 4.44. The molecule has 0 N–H and O–H groups in total. The maximum absolute atomic E-state index is 12.3. The molecule has 2 aromatic heterocycles. The largest absolute Gasteiger partial charge is 0.458 e. The van der Waals surface area contributed by atoms with Crippen molar-refractivity contribution in [1.29, 1.82) is 0 Å². The van der Waals surface area contributed by atoms with E-state index >= 15 is 0 Å². The molecule has 24 heavy (non-hydrogen) atoms. The molecule has 0 spiro atoms. The average molecular weight is 344 g/mol. The number of amides is 1. The van der Waals surface area contributed by atoms with Crippen LogP contribution in [0.5, 0.6) is 6.01 Å². The summed E-state index contributed by atoms with van der Waals surface area (Å²) >= 11 is 1.53. The van der Waals surface area contributed by atoms with E-state index in [1.54, 1.807) is 12.4 Å². The van der Waals surface area contributed by atoms with Crippen LogP contribution in [0.1, 0.15) is 17.8 Å². The van der Waals surface area contributed by atoms with Crippen molar-refractivity contribution in [2.45, 2.75) is 31.3 Å². The van der Waals surface area contributed by atoms with Crippen LogP contribution in [0.3, 0.4) is 0 Å². The number of likely N-dealkylation sites (tertiary alicyclic amines) is 1. The summed E-state index contributed by atoms with van der Waals surface area (Å²) in [6, 6.07) is 6.13. The fourth-order valence-electron chi connectivity index (χ4n) is 2.62. The lowest BCUT2D eigenvalue weighted by Crippen LogP contribution is -2.32. The third-order valence-electron chi connectivity index (χ3n) is 3.74. The first-order valence-electron chi connectivity index (χ1n) is 7.90. The van der Waals surface area contributed by atoms with Gasteiger partial charge in [0.05, 0.1) is 12.3 Å². The second kappa shape index (κ2) is 7.61. The fourth-order valence-corrected chi connectivity index (χ4v) is 3.40. The molecule has 3 rings (SSSR count). The van der Waals surface area contributed by atoms with Crippen LogP contribution < -0.4 is 4.74 Å². The molecule has 1 atom stereocenters. The molecule has 0 aliphatic carbocycles. The minimum Gasteiger partial charge on any atom is -0.458 e. The Labute approximate surface area is 145 Å². The second-order valence-electron chi connectivity index (χ2n) is 5.77. The van der Waals surface area contributed by atoms with Gasteiger partial charge in [-0.2, -0.15) is 0 Å². The number of nitrogens with zero attached hydrogens (tertiary/aromatic N) is 4. The number of pyridine rings is 1. The zero-order valence-electron chi connectivity index (χ0n) is 13.8. The standard InChI is InChI=1S/C17H20N4O2S/c1-12-9-13(2)20-17(19-12)23-14-5-8-21(10-14)16(22)11-24-15-3-6-18-7-4-15/h3-4,6-7,9,14H,5,8,10-11H2,1-2H3. The lowest BCUT2D eigenvalue weighted by molar-refractivity contribution is -0.127. The SMILES string of the molecule is Cc1cc(C)nc(OC2CCN(C(=O)CSc3ccncc3)C2)n1. The Bertz CT molecular complexity index is 691. The molecule has 0 aromatic carbocycles. The summed E-state index contributed by atoms with van der Waals surface area (Å²) in [6.45, 7) is 5.14. The van der Waals surface area contributed by atoms with Crippen molar-refractivity contribution in [2.75, 3.05) is 18.8 Å². The van der Waals surface area contributed by atoms with Crippen molar-refractivity contribution in [1.82, 2.24) is 19.9 Å². The van der Waals surface area contributed by atoms with E-state index in [2.05, 4.69) is 15.0 Å². The smallest absolute Gasteiger partial charge is 0.317 e. The topological polar surface area (TPSA) is 68.2 Å². The Morgan fingerprint density at radius 1 is 1.29 bits per heavy atom. The molecule has 1 saturated heterocycles. The van der Waals surface area contributed by atoms with Gasteiger partial charge in [0, 0.05) is 41.6 Å². The molecule has 0 radical (unpaired) electrons. The summed E-state index contributed by atoms with van der Waals surface area (Å²) < 4.78 is 5.85. The van der Waals surface area contributed by atoms with Gasteiger partial charge in [-0.25, -0.2) is 9.97 Å². The third-order valence-corrected chi connectivity index (χ3v) is 4.74. The number of rotatable bonds is 5. The van der Waals surface area contributed by atoms with E-state index < -0.39 is 0 Å². The Morgan fingerprint density at radius 2 is 2.00 bits per heavy atom. The predicted molar refractivity (Wildman–Crippen MR) is 92.1 cm³/mol. The van der Waals surface area contributed by atoms with Crippen molar-refractivity contribution in [3.05, 3.63) is 42.0 Å². The van der Waals surface area contributed by atoms with E-state index in [0.29, 0.717) is 24.9 Å². The number of hydrogen-bond donors (Lipinski definition) is 0. The van der Waals surface area contributed by atoms with Gasteiger partial charge in [-0.3, -0.25) is 9.78 Å². The molecule has 7 heteroatoms. The number of ether oxygens (including phenoxy) is 1. The minimum atomic E-state index is -0.0407. The predicted octanol–water partition coefficient (Wildman–Crippen LogP) is 2.26. The number of carbonyl (C=O) groups excluding carboxylic acids is 1. The van der Waals surface area contributed by atoms with Crippen LogP contribution in [0.4, 0.5) is 0 Å². The lowest BCUT2D eigenvalue weighted by atomic mass is 10.3. The van der Waals surface area contributed by atoms with Crippen LogP contribution in [0.25, 0.3) is 0 Å². The highest BCUT2D eigenvalue weighted by atomic mass is 32.2. The first-order chi connectivity index (χ1) is 11.6. The van der Waals surface area contributed by atoms with E-state index in [9.17, 15) is 4.79 Å². The summed E-state index contributed by atoms with van der Waals surface area (Å²) in [5, 5.41) is 0. The van der Waals surface area contributed by atoms with Gasteiger partial charge in [-0.15, -0.1) is 11.8 Å². The van der Waals surface area contributed by atoms with E-state index in [-0.39, 0.29) is 12.0 Å². The molecular weight excluding hydrogens is 324 g/mol. The number of aromatic nitrogens is 3. The van der Waals surface area contributed by atoms with Crippen LogP contribution in [0, 0.1) is 13.8 Å². The second-order valence-corrected chi connectivity index (χ2v) is 6.82. The highest BCUT2D eigenvalue weighted by molar-refractivity contribution is 8.00.